The van der Waals surface area contributed by atoms with Gasteiger partial charge >= 0.3 is 0 Å². The lowest BCUT2D eigenvalue weighted by Gasteiger charge is -2.33. The molecule has 1 saturated heterocycles. The second-order valence-electron chi connectivity index (χ2n) is 7.64. The Bertz CT molecular complexity index is 591. The van der Waals surface area contributed by atoms with E-state index in [1.54, 1.807) is 6.92 Å². The van der Waals surface area contributed by atoms with Crippen molar-refractivity contribution in [3.8, 4) is 0 Å². The third-order valence-corrected chi connectivity index (χ3v) is 5.56. The van der Waals surface area contributed by atoms with Crippen LogP contribution >= 0.6 is 0 Å². The van der Waals surface area contributed by atoms with Crippen LogP contribution in [0.3, 0.4) is 0 Å². The average Bonchev–Trinajstić information content (AvgIpc) is 2.64. The predicted molar refractivity (Wildman–Crippen MR) is 102 cm³/mol. The molecule has 1 aromatic rings. The molecule has 26 heavy (non-hydrogen) atoms. The fraction of sp³-hybridized carbons (Fsp3) is 0.650. The summed E-state index contributed by atoms with van der Waals surface area (Å²) in [4.78, 5) is 30.2. The number of pyridine rings is 1. The molecule has 6 nitrogen and oxygen atoms in total. The number of hydrogen-bond acceptors (Lipinski definition) is 4. The van der Waals surface area contributed by atoms with Gasteiger partial charge in [0.25, 0.3) is 0 Å². The van der Waals surface area contributed by atoms with Gasteiger partial charge in [-0.3, -0.25) is 9.59 Å². The Kier molecular flexibility index (Phi) is 6.47. The quantitative estimate of drug-likeness (QED) is 0.847. The summed E-state index contributed by atoms with van der Waals surface area (Å²) in [7, 11) is 0. The third-order valence-electron chi connectivity index (χ3n) is 5.56. The molecule has 2 fully saturated rings. The monoisotopic (exact) mass is 358 g/mol. The van der Waals surface area contributed by atoms with Crippen molar-refractivity contribution in [2.24, 2.45) is 5.92 Å². The Morgan fingerprint density at radius 2 is 1.73 bits per heavy atom. The molecule has 6 heteroatoms. The van der Waals surface area contributed by atoms with Gasteiger partial charge in [-0.05, 0) is 56.6 Å². The van der Waals surface area contributed by atoms with Crippen molar-refractivity contribution in [1.82, 2.24) is 15.6 Å². The van der Waals surface area contributed by atoms with Crippen LogP contribution in [0.1, 0.15) is 51.9 Å². The second kappa shape index (κ2) is 9.01. The van der Waals surface area contributed by atoms with Crippen LogP contribution in [0.2, 0.25) is 0 Å². The minimum Gasteiger partial charge on any atom is -0.356 e. The highest BCUT2D eigenvalue weighted by Crippen LogP contribution is 2.27. The van der Waals surface area contributed by atoms with Crippen molar-refractivity contribution >= 4 is 17.6 Å². The van der Waals surface area contributed by atoms with E-state index in [-0.39, 0.29) is 17.9 Å². The fourth-order valence-electron chi connectivity index (χ4n) is 4.14. The summed E-state index contributed by atoms with van der Waals surface area (Å²) in [6.45, 7) is 3.44. The van der Waals surface area contributed by atoms with Gasteiger partial charge in [0.2, 0.25) is 11.8 Å². The van der Waals surface area contributed by atoms with Crippen molar-refractivity contribution in [1.29, 1.82) is 0 Å². The van der Waals surface area contributed by atoms with Gasteiger partial charge in [-0.25, -0.2) is 4.98 Å². The van der Waals surface area contributed by atoms with Crippen molar-refractivity contribution < 1.29 is 9.59 Å². The summed E-state index contributed by atoms with van der Waals surface area (Å²) in [5, 5.41) is 6.22. The largest absolute Gasteiger partial charge is 0.356 e. The van der Waals surface area contributed by atoms with Crippen molar-refractivity contribution in [3.05, 3.63) is 24.4 Å². The zero-order chi connectivity index (χ0) is 18.4. The highest BCUT2D eigenvalue weighted by atomic mass is 16.2. The second-order valence-corrected chi connectivity index (χ2v) is 7.64. The van der Waals surface area contributed by atoms with Crippen LogP contribution in [0.4, 0.5) is 5.82 Å². The first-order chi connectivity index (χ1) is 12.6. The molecule has 1 saturated carbocycles. The van der Waals surface area contributed by atoms with Crippen molar-refractivity contribution in [3.63, 3.8) is 0 Å². The van der Waals surface area contributed by atoms with E-state index >= 15 is 0 Å². The Morgan fingerprint density at radius 1 is 1.04 bits per heavy atom. The zero-order valence-electron chi connectivity index (χ0n) is 15.6. The fourth-order valence-corrected chi connectivity index (χ4v) is 4.14. The van der Waals surface area contributed by atoms with Gasteiger partial charge in [0.1, 0.15) is 5.82 Å². The first-order valence-electron chi connectivity index (χ1n) is 9.82. The molecule has 2 amide bonds. The van der Waals surface area contributed by atoms with E-state index in [9.17, 15) is 9.59 Å². The smallest absolute Gasteiger partial charge is 0.220 e. The Balaban J connectivity index is 1.35. The number of anilines is 1. The third kappa shape index (κ3) is 5.44. The molecule has 2 heterocycles. The molecule has 1 aromatic heterocycles. The van der Waals surface area contributed by atoms with Crippen LogP contribution in [-0.2, 0) is 9.59 Å². The lowest BCUT2D eigenvalue weighted by atomic mass is 9.84. The van der Waals surface area contributed by atoms with Gasteiger partial charge in [-0.15, -0.1) is 0 Å². The number of hydrogen-bond donors (Lipinski definition) is 2. The summed E-state index contributed by atoms with van der Waals surface area (Å²) in [6.07, 6.45) is 8.40. The maximum atomic E-state index is 12.4. The lowest BCUT2D eigenvalue weighted by molar-refractivity contribution is -0.123. The molecule has 0 bridgehead atoms. The lowest BCUT2D eigenvalue weighted by Crippen LogP contribution is -2.45. The standard InChI is InChI=1S/C20H30N4O2/c1-15(25)22-17-7-5-16(6-8-17)14-20(26)23-18-9-12-24(13-10-18)19-4-2-3-11-21-19/h2-4,11,16-18H,5-10,12-14H2,1H3,(H,22,25)(H,23,26). The van der Waals surface area contributed by atoms with Gasteiger partial charge in [-0.2, -0.15) is 0 Å². The number of nitrogens with one attached hydrogen (secondary N) is 2. The molecule has 0 spiro atoms. The van der Waals surface area contributed by atoms with E-state index in [1.165, 1.54) is 0 Å². The van der Waals surface area contributed by atoms with Crippen LogP contribution in [0.25, 0.3) is 0 Å². The molecule has 2 aliphatic rings. The van der Waals surface area contributed by atoms with Gasteiger partial charge in [0.15, 0.2) is 0 Å². The van der Waals surface area contributed by atoms with Crippen LogP contribution in [0, 0.1) is 5.92 Å². The molecule has 1 aliphatic carbocycles. The zero-order valence-corrected chi connectivity index (χ0v) is 15.6. The number of amides is 2. The maximum Gasteiger partial charge on any atom is 0.220 e. The van der Waals surface area contributed by atoms with Crippen molar-refractivity contribution in [2.75, 3.05) is 18.0 Å². The van der Waals surface area contributed by atoms with Gasteiger partial charge in [-0.1, -0.05) is 6.07 Å². The first-order valence-corrected chi connectivity index (χ1v) is 9.82. The summed E-state index contributed by atoms with van der Waals surface area (Å²) in [5.41, 5.74) is 0. The summed E-state index contributed by atoms with van der Waals surface area (Å²) >= 11 is 0. The van der Waals surface area contributed by atoms with E-state index in [0.29, 0.717) is 18.4 Å². The molecule has 0 atom stereocenters. The number of nitrogens with zero attached hydrogens (tertiary/aromatic N) is 2. The predicted octanol–water partition coefficient (Wildman–Crippen LogP) is 2.25. The Labute approximate surface area is 155 Å². The molecule has 0 unspecified atom stereocenters. The molecular formula is C20H30N4O2. The summed E-state index contributed by atoms with van der Waals surface area (Å²) in [6, 6.07) is 6.55. The average molecular weight is 358 g/mol. The SMILES string of the molecule is CC(=O)NC1CCC(CC(=O)NC2CCN(c3ccccn3)CC2)CC1. The van der Waals surface area contributed by atoms with Gasteiger partial charge in [0, 0.05) is 44.7 Å². The molecule has 142 valence electrons. The maximum absolute atomic E-state index is 12.4. The Hall–Kier alpha value is -2.11. The number of piperidine rings is 1. The normalized spacial score (nSPS) is 24.1. The van der Waals surface area contributed by atoms with E-state index in [1.807, 2.05) is 24.4 Å². The Morgan fingerprint density at radius 3 is 2.35 bits per heavy atom. The number of rotatable bonds is 5. The summed E-state index contributed by atoms with van der Waals surface area (Å²) < 4.78 is 0. The minimum atomic E-state index is 0.0447. The summed E-state index contributed by atoms with van der Waals surface area (Å²) in [5.74, 6) is 1.70. The number of carbonyl (C=O) groups is 2. The van der Waals surface area contributed by atoms with E-state index in [2.05, 4.69) is 20.5 Å². The highest BCUT2D eigenvalue weighted by molar-refractivity contribution is 5.76. The topological polar surface area (TPSA) is 74.3 Å². The number of carbonyl (C=O) groups excluding carboxylic acids is 2. The van der Waals surface area contributed by atoms with Crippen LogP contribution in [0.5, 0.6) is 0 Å². The van der Waals surface area contributed by atoms with Crippen LogP contribution in [-0.4, -0.2) is 42.0 Å². The molecule has 1 aliphatic heterocycles. The molecular weight excluding hydrogens is 328 g/mol. The van der Waals surface area contributed by atoms with Crippen molar-refractivity contribution in [2.45, 2.75) is 64.0 Å². The first kappa shape index (κ1) is 18.7. The minimum absolute atomic E-state index is 0.0447. The van der Waals surface area contributed by atoms with E-state index in [0.717, 1.165) is 57.4 Å². The number of aromatic nitrogens is 1. The molecule has 0 aromatic carbocycles. The van der Waals surface area contributed by atoms with Crippen LogP contribution < -0.4 is 15.5 Å². The van der Waals surface area contributed by atoms with Crippen LogP contribution in [0.15, 0.2) is 24.4 Å². The van der Waals surface area contributed by atoms with E-state index < -0.39 is 0 Å². The molecule has 2 N–H and O–H groups in total. The highest BCUT2D eigenvalue weighted by Gasteiger charge is 2.25. The molecule has 0 radical (unpaired) electrons. The van der Waals surface area contributed by atoms with E-state index in [4.69, 9.17) is 0 Å². The van der Waals surface area contributed by atoms with Gasteiger partial charge in [0.05, 0.1) is 0 Å². The van der Waals surface area contributed by atoms with Gasteiger partial charge < -0.3 is 15.5 Å². The molecule has 3 rings (SSSR count).